The third kappa shape index (κ3) is 1.84. The quantitative estimate of drug-likeness (QED) is 0.661. The van der Waals surface area contributed by atoms with Crippen LogP contribution < -0.4 is 5.32 Å². The van der Waals surface area contributed by atoms with E-state index >= 15 is 0 Å². The van der Waals surface area contributed by atoms with Crippen molar-refractivity contribution in [2.24, 2.45) is 0 Å². The fourth-order valence-corrected chi connectivity index (χ4v) is 1.86. The first-order valence-electron chi connectivity index (χ1n) is 4.55. The zero-order valence-corrected chi connectivity index (χ0v) is 7.74. The highest BCUT2D eigenvalue weighted by Crippen LogP contribution is 2.38. The average Bonchev–Trinajstić information content (AvgIpc) is 2.16. The highest BCUT2D eigenvalue weighted by molar-refractivity contribution is 5.35. The van der Waals surface area contributed by atoms with Crippen molar-refractivity contribution < 1.29 is 17.6 Å². The Hall–Kier alpha value is -1.10. The lowest BCUT2D eigenvalue weighted by molar-refractivity contribution is -0.151. The Morgan fingerprint density at radius 2 is 2.00 bits per heavy atom. The summed E-state index contributed by atoms with van der Waals surface area (Å²) in [4.78, 5) is 0. The Morgan fingerprint density at radius 3 is 2.67 bits per heavy atom. The topological polar surface area (TPSA) is 12.0 Å². The van der Waals surface area contributed by atoms with Gasteiger partial charge in [0.15, 0.2) is 0 Å². The van der Waals surface area contributed by atoms with E-state index in [-0.39, 0.29) is 12.1 Å². The molecule has 0 spiro atoms. The van der Waals surface area contributed by atoms with Gasteiger partial charge in [0.25, 0.3) is 0 Å². The molecule has 1 aliphatic heterocycles. The highest BCUT2D eigenvalue weighted by atomic mass is 19.4. The second-order valence-corrected chi connectivity index (χ2v) is 3.54. The number of nitrogens with one attached hydrogen (secondary N) is 1. The number of fused-ring (bicyclic) bond motifs is 1. The predicted molar refractivity (Wildman–Crippen MR) is 46.9 cm³/mol. The third-order valence-corrected chi connectivity index (χ3v) is 2.55. The second-order valence-electron chi connectivity index (χ2n) is 3.54. The van der Waals surface area contributed by atoms with E-state index in [2.05, 4.69) is 5.32 Å². The van der Waals surface area contributed by atoms with Crippen molar-refractivity contribution in [3.05, 3.63) is 35.1 Å². The average molecular weight is 219 g/mol. The Bertz CT molecular complexity index is 372. The number of hydrogen-bond donors (Lipinski definition) is 1. The molecule has 1 atom stereocenters. The summed E-state index contributed by atoms with van der Waals surface area (Å²) in [7, 11) is 0. The number of benzene rings is 1. The van der Waals surface area contributed by atoms with Crippen LogP contribution in [0.5, 0.6) is 0 Å². The van der Waals surface area contributed by atoms with Crippen LogP contribution in [0.15, 0.2) is 18.2 Å². The third-order valence-electron chi connectivity index (χ3n) is 2.55. The predicted octanol–water partition coefficient (Wildman–Crippen LogP) is 2.57. The number of halogens is 4. The molecule has 2 rings (SSSR count). The van der Waals surface area contributed by atoms with E-state index < -0.39 is 17.9 Å². The molecule has 0 saturated carbocycles. The second kappa shape index (κ2) is 3.48. The molecule has 5 heteroatoms. The number of rotatable bonds is 0. The minimum absolute atomic E-state index is 0.205. The molecule has 82 valence electrons. The molecule has 1 aromatic carbocycles. The smallest absolute Gasteiger partial charge is 0.312 e. The summed E-state index contributed by atoms with van der Waals surface area (Å²) in [5.74, 6) is -2.50. The van der Waals surface area contributed by atoms with Crippen molar-refractivity contribution in [2.75, 3.05) is 6.54 Å². The summed E-state index contributed by atoms with van der Waals surface area (Å²) in [6, 6.07) is 4.01. The van der Waals surface area contributed by atoms with Gasteiger partial charge in [-0.25, -0.2) is 4.39 Å². The van der Waals surface area contributed by atoms with Gasteiger partial charge >= 0.3 is 6.18 Å². The lowest BCUT2D eigenvalue weighted by atomic mass is 9.90. The molecule has 0 aliphatic carbocycles. The first-order chi connectivity index (χ1) is 7.00. The summed E-state index contributed by atoms with van der Waals surface area (Å²) in [5.41, 5.74) is 0.187. The summed E-state index contributed by atoms with van der Waals surface area (Å²) in [6.07, 6.45) is -4.40. The Kier molecular flexibility index (Phi) is 2.42. The Morgan fingerprint density at radius 1 is 1.27 bits per heavy atom. The maximum atomic E-state index is 13.3. The largest absolute Gasteiger partial charge is 0.397 e. The van der Waals surface area contributed by atoms with Crippen LogP contribution in [-0.2, 0) is 6.54 Å². The lowest BCUT2D eigenvalue weighted by Gasteiger charge is -2.28. The molecule has 0 saturated heterocycles. The van der Waals surface area contributed by atoms with Crippen LogP contribution >= 0.6 is 0 Å². The maximum absolute atomic E-state index is 13.3. The van der Waals surface area contributed by atoms with Crippen LogP contribution in [-0.4, -0.2) is 12.7 Å². The van der Waals surface area contributed by atoms with Crippen molar-refractivity contribution in [1.82, 2.24) is 5.32 Å². The molecule has 1 heterocycles. The van der Waals surface area contributed by atoms with Crippen molar-refractivity contribution in [1.29, 1.82) is 0 Å². The van der Waals surface area contributed by atoms with Gasteiger partial charge in [-0.2, -0.15) is 13.2 Å². The van der Waals surface area contributed by atoms with Gasteiger partial charge in [-0.05, 0) is 11.6 Å². The van der Waals surface area contributed by atoms with Gasteiger partial charge in [0.2, 0.25) is 0 Å². The van der Waals surface area contributed by atoms with Gasteiger partial charge in [-0.1, -0.05) is 12.1 Å². The zero-order valence-electron chi connectivity index (χ0n) is 7.74. The SMILES string of the molecule is Fc1cccc2c1C(C(F)(F)F)CNC2. The monoisotopic (exact) mass is 219 g/mol. The van der Waals surface area contributed by atoms with Crippen LogP contribution in [0.3, 0.4) is 0 Å². The molecule has 0 aromatic heterocycles. The molecule has 15 heavy (non-hydrogen) atoms. The summed E-state index contributed by atoms with van der Waals surface area (Å²) < 4.78 is 51.1. The van der Waals surface area contributed by atoms with E-state index in [9.17, 15) is 17.6 Å². The van der Waals surface area contributed by atoms with Crippen LogP contribution in [0.2, 0.25) is 0 Å². The van der Waals surface area contributed by atoms with Crippen LogP contribution in [0, 0.1) is 5.82 Å². The maximum Gasteiger partial charge on any atom is 0.397 e. The fourth-order valence-electron chi connectivity index (χ4n) is 1.86. The first-order valence-corrected chi connectivity index (χ1v) is 4.55. The van der Waals surface area contributed by atoms with E-state index in [1.807, 2.05) is 0 Å². The molecule has 0 bridgehead atoms. The molecule has 1 aliphatic rings. The van der Waals surface area contributed by atoms with Crippen molar-refractivity contribution in [3.8, 4) is 0 Å². The summed E-state index contributed by atoms with van der Waals surface area (Å²) >= 11 is 0. The Labute approximate surface area is 84.1 Å². The van der Waals surface area contributed by atoms with E-state index in [1.165, 1.54) is 12.1 Å². The van der Waals surface area contributed by atoms with E-state index in [4.69, 9.17) is 0 Å². The van der Waals surface area contributed by atoms with Gasteiger partial charge in [0.05, 0.1) is 5.92 Å². The van der Waals surface area contributed by atoms with Crippen LogP contribution in [0.25, 0.3) is 0 Å². The molecular formula is C10H9F4N. The van der Waals surface area contributed by atoms with Gasteiger partial charge in [0, 0.05) is 18.7 Å². The molecule has 1 nitrogen and oxygen atoms in total. The molecule has 1 aromatic rings. The molecule has 0 radical (unpaired) electrons. The fraction of sp³-hybridized carbons (Fsp3) is 0.400. The van der Waals surface area contributed by atoms with E-state index in [0.29, 0.717) is 12.1 Å². The molecular weight excluding hydrogens is 210 g/mol. The van der Waals surface area contributed by atoms with Crippen molar-refractivity contribution in [3.63, 3.8) is 0 Å². The standard InChI is InChI=1S/C10H9F4N/c11-8-3-1-2-6-4-15-5-7(9(6)8)10(12,13)14/h1-3,7,15H,4-5H2. The van der Waals surface area contributed by atoms with Gasteiger partial charge < -0.3 is 5.32 Å². The van der Waals surface area contributed by atoms with Gasteiger partial charge in [-0.15, -0.1) is 0 Å². The molecule has 1 N–H and O–H groups in total. The summed E-state index contributed by atoms with van der Waals surface area (Å²) in [5, 5.41) is 2.64. The molecule has 0 fully saturated rings. The minimum atomic E-state index is -4.40. The first kappa shape index (κ1) is 10.4. The molecule has 1 unspecified atom stereocenters. The number of alkyl halides is 3. The van der Waals surface area contributed by atoms with Crippen LogP contribution in [0.1, 0.15) is 17.0 Å². The van der Waals surface area contributed by atoms with Gasteiger partial charge in [0.1, 0.15) is 5.82 Å². The molecule has 0 amide bonds. The van der Waals surface area contributed by atoms with E-state index in [1.54, 1.807) is 0 Å². The zero-order chi connectivity index (χ0) is 11.1. The van der Waals surface area contributed by atoms with E-state index in [0.717, 1.165) is 6.07 Å². The number of hydrogen-bond acceptors (Lipinski definition) is 1. The van der Waals surface area contributed by atoms with Crippen molar-refractivity contribution in [2.45, 2.75) is 18.6 Å². The Balaban J connectivity index is 2.50. The van der Waals surface area contributed by atoms with Crippen molar-refractivity contribution >= 4 is 0 Å². The normalized spacial score (nSPS) is 21.2. The summed E-state index contributed by atoms with van der Waals surface area (Å²) in [6.45, 7) is 0.0388. The lowest BCUT2D eigenvalue weighted by Crippen LogP contribution is -2.37. The van der Waals surface area contributed by atoms with Gasteiger partial charge in [-0.3, -0.25) is 0 Å². The highest BCUT2D eigenvalue weighted by Gasteiger charge is 2.44. The van der Waals surface area contributed by atoms with Crippen LogP contribution in [0.4, 0.5) is 17.6 Å². The minimum Gasteiger partial charge on any atom is -0.312 e.